The normalized spacial score (nSPS) is 18.2. The standard InChI is InChI=1S/C20H26NO3/c1-2-10-21(11-13-23-14-12-21)15-18(22)16-24-20-9-5-7-17-6-3-4-8-19(17)20/h2-9,18,22H,1,10-16H2/q+1/t18-/m0/s1. The lowest BCUT2D eigenvalue weighted by atomic mass is 10.1. The maximum atomic E-state index is 10.5. The highest BCUT2D eigenvalue weighted by molar-refractivity contribution is 5.88. The first-order valence-electron chi connectivity index (χ1n) is 8.55. The topological polar surface area (TPSA) is 38.7 Å². The average molecular weight is 328 g/mol. The summed E-state index contributed by atoms with van der Waals surface area (Å²) in [6, 6.07) is 14.1. The van der Waals surface area contributed by atoms with Gasteiger partial charge in [0.1, 0.15) is 38.1 Å². The molecule has 4 nitrogen and oxygen atoms in total. The largest absolute Gasteiger partial charge is 0.490 e. The fraction of sp³-hybridized carbons (Fsp3) is 0.400. The summed E-state index contributed by atoms with van der Waals surface area (Å²) in [6.07, 6.45) is 1.42. The zero-order valence-electron chi connectivity index (χ0n) is 14.1. The van der Waals surface area contributed by atoms with Gasteiger partial charge in [0.2, 0.25) is 0 Å². The molecule has 1 heterocycles. The van der Waals surface area contributed by atoms with Gasteiger partial charge in [0.25, 0.3) is 0 Å². The van der Waals surface area contributed by atoms with Gasteiger partial charge < -0.3 is 19.1 Å². The number of nitrogens with zero attached hydrogens (tertiary/aromatic N) is 1. The molecule has 24 heavy (non-hydrogen) atoms. The summed E-state index contributed by atoms with van der Waals surface area (Å²) in [5.41, 5.74) is 0. The minimum Gasteiger partial charge on any atom is -0.490 e. The molecule has 0 radical (unpaired) electrons. The van der Waals surface area contributed by atoms with Crippen LogP contribution in [0.1, 0.15) is 0 Å². The molecule has 3 rings (SSSR count). The molecule has 1 aliphatic rings. The lowest BCUT2D eigenvalue weighted by Crippen LogP contribution is -2.58. The van der Waals surface area contributed by atoms with Crippen LogP contribution in [0.3, 0.4) is 0 Å². The van der Waals surface area contributed by atoms with E-state index >= 15 is 0 Å². The average Bonchev–Trinajstić information content (AvgIpc) is 2.61. The summed E-state index contributed by atoms with van der Waals surface area (Å²) in [6.45, 7) is 9.00. The molecule has 4 heteroatoms. The Labute approximate surface area is 143 Å². The third-order valence-corrected chi connectivity index (χ3v) is 4.72. The van der Waals surface area contributed by atoms with E-state index in [0.29, 0.717) is 13.2 Å². The quantitative estimate of drug-likeness (QED) is 0.627. The number of aliphatic hydroxyl groups excluding tert-OH is 1. The Morgan fingerprint density at radius 2 is 1.92 bits per heavy atom. The maximum absolute atomic E-state index is 10.5. The summed E-state index contributed by atoms with van der Waals surface area (Å²) < 4.78 is 12.2. The maximum Gasteiger partial charge on any atom is 0.137 e. The van der Waals surface area contributed by atoms with Gasteiger partial charge in [-0.15, -0.1) is 0 Å². The van der Waals surface area contributed by atoms with Crippen molar-refractivity contribution in [3.05, 3.63) is 55.1 Å². The molecule has 0 saturated carbocycles. The number of rotatable bonds is 7. The predicted octanol–water partition coefficient (Wildman–Crippen LogP) is 2.61. The van der Waals surface area contributed by atoms with Gasteiger partial charge in [-0.05, 0) is 17.5 Å². The Kier molecular flexibility index (Phi) is 5.51. The van der Waals surface area contributed by atoms with E-state index in [1.54, 1.807) is 0 Å². The van der Waals surface area contributed by atoms with E-state index in [4.69, 9.17) is 9.47 Å². The van der Waals surface area contributed by atoms with Gasteiger partial charge in [0.05, 0.1) is 19.8 Å². The van der Waals surface area contributed by atoms with Gasteiger partial charge in [-0.2, -0.15) is 0 Å². The van der Waals surface area contributed by atoms with Crippen LogP contribution in [-0.4, -0.2) is 61.7 Å². The molecule has 1 aliphatic heterocycles. The number of ether oxygens (including phenoxy) is 2. The molecule has 0 bridgehead atoms. The molecule has 0 aromatic heterocycles. The van der Waals surface area contributed by atoms with Crippen LogP contribution < -0.4 is 4.74 Å². The van der Waals surface area contributed by atoms with Crippen LogP contribution >= 0.6 is 0 Å². The fourth-order valence-corrected chi connectivity index (χ4v) is 3.45. The molecule has 0 spiro atoms. The number of aliphatic hydroxyl groups is 1. The number of morpholine rings is 1. The van der Waals surface area contributed by atoms with E-state index in [1.165, 1.54) is 0 Å². The minimum absolute atomic E-state index is 0.298. The highest BCUT2D eigenvalue weighted by Gasteiger charge is 2.32. The van der Waals surface area contributed by atoms with Crippen molar-refractivity contribution >= 4 is 10.8 Å². The lowest BCUT2D eigenvalue weighted by molar-refractivity contribution is -0.932. The molecule has 1 atom stereocenters. The van der Waals surface area contributed by atoms with Crippen molar-refractivity contribution in [1.82, 2.24) is 0 Å². The van der Waals surface area contributed by atoms with Gasteiger partial charge in [0.15, 0.2) is 0 Å². The van der Waals surface area contributed by atoms with Crippen LogP contribution in [0.4, 0.5) is 0 Å². The molecule has 2 aromatic rings. The SMILES string of the molecule is C=CC[N+]1(C[C@H](O)COc2cccc3ccccc23)CCOCC1. The molecule has 0 amide bonds. The van der Waals surface area contributed by atoms with E-state index in [1.807, 2.05) is 36.4 Å². The summed E-state index contributed by atoms with van der Waals surface area (Å²) >= 11 is 0. The molecular formula is C20H26NO3+. The van der Waals surface area contributed by atoms with E-state index in [-0.39, 0.29) is 0 Å². The van der Waals surface area contributed by atoms with Crippen molar-refractivity contribution in [3.8, 4) is 5.75 Å². The zero-order valence-corrected chi connectivity index (χ0v) is 14.1. The van der Waals surface area contributed by atoms with Crippen LogP contribution in [0.2, 0.25) is 0 Å². The highest BCUT2D eigenvalue weighted by Crippen LogP contribution is 2.25. The van der Waals surface area contributed by atoms with Gasteiger partial charge in [0, 0.05) is 5.39 Å². The van der Waals surface area contributed by atoms with Gasteiger partial charge in [-0.1, -0.05) is 43.0 Å². The molecule has 1 fully saturated rings. The van der Waals surface area contributed by atoms with E-state index < -0.39 is 6.10 Å². The second kappa shape index (κ2) is 7.79. The van der Waals surface area contributed by atoms with Crippen molar-refractivity contribution in [2.45, 2.75) is 6.10 Å². The van der Waals surface area contributed by atoms with E-state index in [9.17, 15) is 5.11 Å². The van der Waals surface area contributed by atoms with Crippen LogP contribution in [0.25, 0.3) is 10.8 Å². The van der Waals surface area contributed by atoms with Gasteiger partial charge >= 0.3 is 0 Å². The van der Waals surface area contributed by atoms with Crippen molar-refractivity contribution in [2.75, 3.05) is 46.0 Å². The summed E-state index contributed by atoms with van der Waals surface area (Å²) in [5.74, 6) is 0.824. The first-order chi connectivity index (χ1) is 11.7. The third-order valence-electron chi connectivity index (χ3n) is 4.72. The Hall–Kier alpha value is -1.88. The Bertz CT molecular complexity index is 674. The third kappa shape index (κ3) is 3.96. The zero-order chi connectivity index (χ0) is 16.8. The van der Waals surface area contributed by atoms with Crippen molar-refractivity contribution in [2.24, 2.45) is 0 Å². The van der Waals surface area contributed by atoms with Crippen LogP contribution in [0, 0.1) is 0 Å². The molecule has 1 saturated heterocycles. The van der Waals surface area contributed by atoms with Gasteiger partial charge in [-0.25, -0.2) is 0 Å². The Morgan fingerprint density at radius 3 is 2.71 bits per heavy atom. The smallest absolute Gasteiger partial charge is 0.137 e. The van der Waals surface area contributed by atoms with E-state index in [0.717, 1.165) is 53.9 Å². The van der Waals surface area contributed by atoms with Crippen LogP contribution in [0.5, 0.6) is 5.75 Å². The monoisotopic (exact) mass is 328 g/mol. The molecule has 1 N–H and O–H groups in total. The van der Waals surface area contributed by atoms with Gasteiger partial charge in [-0.3, -0.25) is 0 Å². The summed E-state index contributed by atoms with van der Waals surface area (Å²) in [4.78, 5) is 0. The number of hydrogen-bond acceptors (Lipinski definition) is 3. The number of quaternary nitrogens is 1. The summed E-state index contributed by atoms with van der Waals surface area (Å²) in [7, 11) is 0. The van der Waals surface area contributed by atoms with Crippen LogP contribution in [-0.2, 0) is 4.74 Å². The van der Waals surface area contributed by atoms with Crippen molar-refractivity contribution in [1.29, 1.82) is 0 Å². The fourth-order valence-electron chi connectivity index (χ4n) is 3.45. The highest BCUT2D eigenvalue weighted by atomic mass is 16.5. The second-order valence-electron chi connectivity index (χ2n) is 6.50. The number of fused-ring (bicyclic) bond motifs is 1. The summed E-state index contributed by atoms with van der Waals surface area (Å²) in [5, 5.41) is 12.7. The second-order valence-corrected chi connectivity index (χ2v) is 6.50. The minimum atomic E-state index is -0.512. The van der Waals surface area contributed by atoms with Crippen LogP contribution in [0.15, 0.2) is 55.1 Å². The molecular weight excluding hydrogens is 302 g/mol. The number of benzene rings is 2. The molecule has 2 aromatic carbocycles. The van der Waals surface area contributed by atoms with Crippen molar-refractivity contribution in [3.63, 3.8) is 0 Å². The predicted molar refractivity (Wildman–Crippen MR) is 96.2 cm³/mol. The first kappa shape index (κ1) is 17.0. The first-order valence-corrected chi connectivity index (χ1v) is 8.55. The Balaban J connectivity index is 1.64. The molecule has 128 valence electrons. The molecule has 0 unspecified atom stereocenters. The van der Waals surface area contributed by atoms with E-state index in [2.05, 4.69) is 18.7 Å². The molecule has 0 aliphatic carbocycles. The lowest BCUT2D eigenvalue weighted by Gasteiger charge is -2.41. The van der Waals surface area contributed by atoms with Crippen molar-refractivity contribution < 1.29 is 19.1 Å². The number of hydrogen-bond donors (Lipinski definition) is 1. The Morgan fingerprint density at radius 1 is 1.17 bits per heavy atom.